The Bertz CT molecular complexity index is 1900. The molecule has 0 spiro atoms. The van der Waals surface area contributed by atoms with Crippen LogP contribution in [0.1, 0.15) is 55.4 Å². The minimum absolute atomic E-state index is 0.162. The maximum absolute atomic E-state index is 13.8. The normalized spacial score (nSPS) is 11.9. The van der Waals surface area contributed by atoms with Crippen molar-refractivity contribution in [3.05, 3.63) is 132 Å². The molecule has 3 aromatic carbocycles. The molecule has 8 nitrogen and oxygen atoms in total. The highest BCUT2D eigenvalue weighted by atomic mass is 16.5. The molecular weight excluding hydrogens is 506 g/mol. The summed E-state index contributed by atoms with van der Waals surface area (Å²) in [5.74, 6) is -1.64. The van der Waals surface area contributed by atoms with E-state index < -0.39 is 17.9 Å². The monoisotopic (exact) mass is 529 g/mol. The van der Waals surface area contributed by atoms with Crippen LogP contribution in [0.25, 0.3) is 27.4 Å². The van der Waals surface area contributed by atoms with Crippen LogP contribution in [0.5, 0.6) is 0 Å². The first kappa shape index (κ1) is 24.8. The first-order valence-corrected chi connectivity index (χ1v) is 12.6. The Morgan fingerprint density at radius 3 is 2.30 bits per heavy atom. The number of carboxylic acid groups (broad SMARTS) is 1. The lowest BCUT2D eigenvalue weighted by molar-refractivity contribution is 0.0696. The van der Waals surface area contributed by atoms with Gasteiger partial charge in [0.2, 0.25) is 5.78 Å². The van der Waals surface area contributed by atoms with E-state index in [2.05, 4.69) is 10.5 Å². The second-order valence-corrected chi connectivity index (χ2v) is 9.53. The van der Waals surface area contributed by atoms with Crippen molar-refractivity contribution < 1.29 is 24.0 Å². The third-order valence-electron chi connectivity index (χ3n) is 7.00. The van der Waals surface area contributed by atoms with Gasteiger partial charge in [-0.2, -0.15) is 0 Å². The largest absolute Gasteiger partial charge is 0.478 e. The molecule has 6 aromatic rings. The summed E-state index contributed by atoms with van der Waals surface area (Å²) in [4.78, 5) is 38.7. The van der Waals surface area contributed by atoms with Crippen molar-refractivity contribution in [1.82, 2.24) is 14.9 Å². The van der Waals surface area contributed by atoms with E-state index in [0.717, 1.165) is 16.3 Å². The molecule has 0 saturated heterocycles. The molecule has 6 rings (SSSR count). The number of aromatic nitrogens is 2. The van der Waals surface area contributed by atoms with Crippen molar-refractivity contribution in [2.75, 3.05) is 0 Å². The van der Waals surface area contributed by atoms with E-state index in [-0.39, 0.29) is 17.0 Å². The fourth-order valence-electron chi connectivity index (χ4n) is 4.85. The van der Waals surface area contributed by atoms with Crippen LogP contribution >= 0.6 is 0 Å². The van der Waals surface area contributed by atoms with E-state index in [0.29, 0.717) is 27.9 Å². The maximum Gasteiger partial charge on any atom is 0.335 e. The molecule has 1 amide bonds. The molecule has 3 aromatic heterocycles. The number of nitrogens with one attached hydrogen (secondary N) is 1. The van der Waals surface area contributed by atoms with E-state index in [1.807, 2.05) is 49.4 Å². The van der Waals surface area contributed by atoms with Crippen molar-refractivity contribution in [1.29, 1.82) is 0 Å². The standard InChI is InChI=1S/C32H23N3O5/c1-19(20-6-9-22(10-7-20)32(38)39)34-31(37)29-16-25(26-17-33-40-18-26)15-27-12-13-28(35(27)29)30(36)24-11-8-21-4-2-3-5-23(21)14-24/h2-19H,1H3,(H,34,37)(H,38,39)/t19-/m0/s1. The highest BCUT2D eigenvalue weighted by Gasteiger charge is 2.22. The Labute approximate surface area is 228 Å². The molecule has 40 heavy (non-hydrogen) atoms. The van der Waals surface area contributed by atoms with Crippen LogP contribution in [0, 0.1) is 0 Å². The van der Waals surface area contributed by atoms with Gasteiger partial charge in [0.25, 0.3) is 5.91 Å². The Morgan fingerprint density at radius 2 is 1.57 bits per heavy atom. The number of carboxylic acids is 1. The van der Waals surface area contributed by atoms with Gasteiger partial charge in [-0.05, 0) is 71.3 Å². The van der Waals surface area contributed by atoms with Crippen molar-refractivity contribution in [2.24, 2.45) is 0 Å². The summed E-state index contributed by atoms with van der Waals surface area (Å²) in [6, 6.07) is 26.4. The number of benzene rings is 3. The lowest BCUT2D eigenvalue weighted by atomic mass is 10.0. The van der Waals surface area contributed by atoms with Gasteiger partial charge in [-0.3, -0.25) is 9.59 Å². The molecule has 0 saturated carbocycles. The van der Waals surface area contributed by atoms with Gasteiger partial charge in [0.15, 0.2) is 0 Å². The van der Waals surface area contributed by atoms with Gasteiger partial charge in [-0.1, -0.05) is 53.7 Å². The summed E-state index contributed by atoms with van der Waals surface area (Å²) in [6.07, 6.45) is 3.05. The minimum Gasteiger partial charge on any atom is -0.478 e. The summed E-state index contributed by atoms with van der Waals surface area (Å²) in [5, 5.41) is 17.9. The number of amides is 1. The van der Waals surface area contributed by atoms with Gasteiger partial charge in [0.1, 0.15) is 12.0 Å². The third-order valence-corrected chi connectivity index (χ3v) is 7.00. The van der Waals surface area contributed by atoms with Gasteiger partial charge in [0, 0.05) is 16.6 Å². The zero-order valence-electron chi connectivity index (χ0n) is 21.4. The molecule has 0 aliphatic rings. The van der Waals surface area contributed by atoms with E-state index >= 15 is 0 Å². The van der Waals surface area contributed by atoms with Gasteiger partial charge in [0.05, 0.1) is 23.5 Å². The van der Waals surface area contributed by atoms with Crippen molar-refractivity contribution in [3.63, 3.8) is 0 Å². The first-order chi connectivity index (χ1) is 19.4. The fraction of sp³-hybridized carbons (Fsp3) is 0.0625. The van der Waals surface area contributed by atoms with E-state index in [1.54, 1.807) is 47.0 Å². The van der Waals surface area contributed by atoms with Crippen LogP contribution < -0.4 is 5.32 Å². The topological polar surface area (TPSA) is 114 Å². The predicted molar refractivity (Wildman–Crippen MR) is 150 cm³/mol. The Morgan fingerprint density at radius 1 is 0.825 bits per heavy atom. The number of rotatable bonds is 7. The molecule has 0 bridgehead atoms. The number of aromatic carboxylic acids is 1. The number of carbonyl (C=O) groups is 3. The molecular formula is C32H23N3O5. The number of hydrogen-bond donors (Lipinski definition) is 2. The summed E-state index contributed by atoms with van der Waals surface area (Å²) in [6.45, 7) is 1.81. The lowest BCUT2D eigenvalue weighted by Gasteiger charge is -2.17. The van der Waals surface area contributed by atoms with Crippen LogP contribution in [-0.4, -0.2) is 32.3 Å². The van der Waals surface area contributed by atoms with E-state index in [9.17, 15) is 19.5 Å². The summed E-state index contributed by atoms with van der Waals surface area (Å²) >= 11 is 0. The van der Waals surface area contributed by atoms with Crippen LogP contribution in [0.4, 0.5) is 0 Å². The van der Waals surface area contributed by atoms with Crippen LogP contribution in [0.2, 0.25) is 0 Å². The molecule has 3 heterocycles. The Kier molecular flexibility index (Phi) is 6.20. The quantitative estimate of drug-likeness (QED) is 0.239. The molecule has 0 fully saturated rings. The molecule has 1 atom stereocenters. The second-order valence-electron chi connectivity index (χ2n) is 9.53. The molecule has 0 aliphatic carbocycles. The van der Waals surface area contributed by atoms with Crippen LogP contribution in [-0.2, 0) is 0 Å². The zero-order valence-corrected chi connectivity index (χ0v) is 21.4. The maximum atomic E-state index is 13.8. The van der Waals surface area contributed by atoms with Crippen molar-refractivity contribution in [2.45, 2.75) is 13.0 Å². The molecule has 0 aliphatic heterocycles. The van der Waals surface area contributed by atoms with E-state index in [1.165, 1.54) is 18.4 Å². The second kappa shape index (κ2) is 9.99. The number of ketones is 1. The predicted octanol–water partition coefficient (Wildman–Crippen LogP) is 6.17. The van der Waals surface area contributed by atoms with Gasteiger partial charge in [-0.25, -0.2) is 4.79 Å². The average Bonchev–Trinajstić information content (AvgIpc) is 3.67. The summed E-state index contributed by atoms with van der Waals surface area (Å²) in [7, 11) is 0. The van der Waals surface area contributed by atoms with Crippen molar-refractivity contribution in [3.8, 4) is 11.1 Å². The molecule has 2 N–H and O–H groups in total. The Hall–Kier alpha value is -5.50. The van der Waals surface area contributed by atoms with Gasteiger partial charge in [-0.15, -0.1) is 0 Å². The van der Waals surface area contributed by atoms with E-state index in [4.69, 9.17) is 4.52 Å². The highest BCUT2D eigenvalue weighted by molar-refractivity contribution is 6.11. The number of fused-ring (bicyclic) bond motifs is 2. The van der Waals surface area contributed by atoms with Gasteiger partial charge < -0.3 is 19.3 Å². The zero-order chi connectivity index (χ0) is 27.8. The molecule has 196 valence electrons. The smallest absolute Gasteiger partial charge is 0.335 e. The fourth-order valence-corrected chi connectivity index (χ4v) is 4.85. The van der Waals surface area contributed by atoms with Gasteiger partial charge >= 0.3 is 5.97 Å². The third kappa shape index (κ3) is 4.52. The van der Waals surface area contributed by atoms with Crippen LogP contribution in [0.3, 0.4) is 0 Å². The number of pyridine rings is 1. The molecule has 0 unspecified atom stereocenters. The first-order valence-electron chi connectivity index (χ1n) is 12.6. The number of hydrogen-bond acceptors (Lipinski definition) is 5. The van der Waals surface area contributed by atoms with Crippen molar-refractivity contribution >= 4 is 33.9 Å². The van der Waals surface area contributed by atoms with Crippen LogP contribution in [0.15, 0.2) is 108 Å². The minimum atomic E-state index is -1.02. The molecule has 0 radical (unpaired) electrons. The Balaban J connectivity index is 1.41. The number of nitrogens with zero attached hydrogens (tertiary/aromatic N) is 2. The molecule has 8 heteroatoms. The number of carbonyl (C=O) groups excluding carboxylic acids is 2. The summed E-state index contributed by atoms with van der Waals surface area (Å²) in [5.41, 5.74) is 4.09. The SMILES string of the molecule is C[C@H](NC(=O)c1cc(-c2cnoc2)cc2ccc(C(=O)c3ccc4ccccc4c3)n12)c1ccc(C(=O)O)cc1. The highest BCUT2D eigenvalue weighted by Crippen LogP contribution is 2.27. The average molecular weight is 530 g/mol. The summed E-state index contributed by atoms with van der Waals surface area (Å²) < 4.78 is 6.67. The lowest BCUT2D eigenvalue weighted by Crippen LogP contribution is -2.29.